The van der Waals surface area contributed by atoms with Crippen LogP contribution in [-0.2, 0) is 9.59 Å². The molecule has 0 amide bonds. The van der Waals surface area contributed by atoms with Crippen LogP contribution < -0.4 is 0 Å². The highest BCUT2D eigenvalue weighted by Gasteiger charge is 2.36. The van der Waals surface area contributed by atoms with Crippen LogP contribution in [0.4, 0.5) is 11.4 Å². The first-order valence-corrected chi connectivity index (χ1v) is 22.1. The van der Waals surface area contributed by atoms with E-state index in [1.54, 1.807) is 0 Å². The zero-order chi connectivity index (χ0) is 43.1. The number of benzene rings is 2. The number of carbonyl (C=O) groups excluding carboxylic acids is 2. The molecule has 0 spiro atoms. The summed E-state index contributed by atoms with van der Waals surface area (Å²) in [7, 11) is 0. The van der Waals surface area contributed by atoms with E-state index in [-0.39, 0.29) is 11.6 Å². The van der Waals surface area contributed by atoms with Crippen LogP contribution in [0.2, 0.25) is 0 Å². The van der Waals surface area contributed by atoms with Crippen LogP contribution in [0.15, 0.2) is 151 Å². The summed E-state index contributed by atoms with van der Waals surface area (Å²) >= 11 is 14.3. The van der Waals surface area contributed by atoms with Crippen molar-refractivity contribution in [3.05, 3.63) is 142 Å². The van der Waals surface area contributed by atoms with Crippen molar-refractivity contribution in [2.45, 2.75) is 83.1 Å². The SMILES string of the molecule is CC(C)(C)C1=CC(=C(/N=N/c2ccc(Br)cc2Br)c2cccc(C(/N=N/c3ccc(Br)cc3Br)=C3C=C(C(C)(C)C)C(=O)C(C(C)(C)C)=C3)n2)C=C(C(C)(C)C)C1=O. The lowest BCUT2D eigenvalue weighted by atomic mass is 9.71. The molecule has 0 atom stereocenters. The second kappa shape index (κ2) is 17.2. The Kier molecular flexibility index (Phi) is 13.5. The molecule has 2 aliphatic rings. The first-order chi connectivity index (χ1) is 26.8. The number of hydrogen-bond acceptors (Lipinski definition) is 7. The molecule has 302 valence electrons. The van der Waals surface area contributed by atoms with Crippen molar-refractivity contribution < 1.29 is 9.59 Å². The molecule has 2 aromatic carbocycles. The predicted octanol–water partition coefficient (Wildman–Crippen LogP) is 16.2. The Morgan fingerprint density at radius 1 is 0.483 bits per heavy atom. The topological polar surface area (TPSA) is 96.5 Å². The largest absolute Gasteiger partial charge is 0.289 e. The van der Waals surface area contributed by atoms with Crippen molar-refractivity contribution >= 4 is 98.1 Å². The van der Waals surface area contributed by atoms with Gasteiger partial charge in [-0.2, -0.15) is 0 Å². The lowest BCUT2D eigenvalue weighted by molar-refractivity contribution is -0.114. The van der Waals surface area contributed by atoms with Crippen molar-refractivity contribution in [1.82, 2.24) is 4.98 Å². The Morgan fingerprint density at radius 3 is 1.07 bits per heavy atom. The fourth-order valence-corrected chi connectivity index (χ4v) is 8.56. The molecule has 1 heterocycles. The van der Waals surface area contributed by atoms with Crippen LogP contribution >= 0.6 is 63.7 Å². The van der Waals surface area contributed by atoms with Crippen LogP contribution in [0.5, 0.6) is 0 Å². The number of ketones is 2. The molecule has 0 saturated heterocycles. The summed E-state index contributed by atoms with van der Waals surface area (Å²) in [5.74, 6) is 0.0253. The van der Waals surface area contributed by atoms with Gasteiger partial charge in [0.25, 0.3) is 0 Å². The molecule has 3 aromatic rings. The Hall–Kier alpha value is -3.51. The quantitative estimate of drug-likeness (QED) is 0.230. The van der Waals surface area contributed by atoms with E-state index in [9.17, 15) is 9.59 Å². The second-order valence-corrected chi connectivity index (χ2v) is 22.0. The molecule has 58 heavy (non-hydrogen) atoms. The van der Waals surface area contributed by atoms with Gasteiger partial charge < -0.3 is 0 Å². The third-order valence-corrected chi connectivity index (χ3v) is 11.8. The molecule has 11 heteroatoms. The number of hydrogen-bond donors (Lipinski definition) is 0. The molecule has 7 nitrogen and oxygen atoms in total. The molecular formula is C47H49Br4N5O2. The van der Waals surface area contributed by atoms with Crippen LogP contribution in [-0.4, -0.2) is 16.6 Å². The van der Waals surface area contributed by atoms with Crippen LogP contribution in [0, 0.1) is 21.7 Å². The number of pyridine rings is 1. The maximum Gasteiger partial charge on any atom is 0.186 e. The van der Waals surface area contributed by atoms with Crippen molar-refractivity contribution in [1.29, 1.82) is 0 Å². The average Bonchev–Trinajstić information content (AvgIpc) is 3.09. The van der Waals surface area contributed by atoms with Crippen LogP contribution in [0.25, 0.3) is 11.4 Å². The zero-order valence-corrected chi connectivity index (χ0v) is 41.4. The molecule has 0 bridgehead atoms. The monoisotopic (exact) mass is 1030 g/mol. The highest BCUT2D eigenvalue weighted by atomic mass is 79.9. The smallest absolute Gasteiger partial charge is 0.186 e. The molecule has 0 unspecified atom stereocenters. The number of halogens is 4. The van der Waals surface area contributed by atoms with E-state index in [4.69, 9.17) is 25.4 Å². The molecular weight excluding hydrogens is 986 g/mol. The Morgan fingerprint density at radius 2 is 0.793 bits per heavy atom. The number of nitrogens with zero attached hydrogens (tertiary/aromatic N) is 5. The first-order valence-electron chi connectivity index (χ1n) is 18.9. The van der Waals surface area contributed by atoms with Gasteiger partial charge in [-0.25, -0.2) is 4.98 Å². The summed E-state index contributed by atoms with van der Waals surface area (Å²) in [4.78, 5) is 33.3. The van der Waals surface area contributed by atoms with Crippen molar-refractivity contribution in [3.63, 3.8) is 0 Å². The number of azo groups is 2. The van der Waals surface area contributed by atoms with E-state index < -0.39 is 21.7 Å². The molecule has 0 N–H and O–H groups in total. The number of aromatic nitrogens is 1. The minimum absolute atomic E-state index is 0.0126. The van der Waals surface area contributed by atoms with Gasteiger partial charge in [-0.05, 0) is 126 Å². The summed E-state index contributed by atoms with van der Waals surface area (Å²) in [5.41, 5.74) is 5.50. The van der Waals surface area contributed by atoms with Gasteiger partial charge in [-0.3, -0.25) is 9.59 Å². The van der Waals surface area contributed by atoms with E-state index in [1.165, 1.54) is 0 Å². The zero-order valence-electron chi connectivity index (χ0n) is 35.1. The maximum absolute atomic E-state index is 14.0. The van der Waals surface area contributed by atoms with Gasteiger partial charge in [0, 0.05) is 51.3 Å². The fraction of sp³-hybridized carbons (Fsp3) is 0.340. The van der Waals surface area contributed by atoms with Crippen LogP contribution in [0.1, 0.15) is 94.5 Å². The lowest BCUT2D eigenvalue weighted by Crippen LogP contribution is -2.28. The normalized spacial score (nSPS) is 15.9. The molecule has 2 aliphatic carbocycles. The minimum atomic E-state index is -0.453. The summed E-state index contributed by atoms with van der Waals surface area (Å²) in [6.45, 7) is 24.5. The maximum atomic E-state index is 14.0. The predicted molar refractivity (Wildman–Crippen MR) is 251 cm³/mol. The fourth-order valence-electron chi connectivity index (χ4n) is 6.30. The second-order valence-electron chi connectivity index (χ2n) is 18.5. The number of carbonyl (C=O) groups is 2. The van der Waals surface area contributed by atoms with Gasteiger partial charge in [0.2, 0.25) is 0 Å². The van der Waals surface area contributed by atoms with E-state index in [0.717, 1.165) is 17.9 Å². The van der Waals surface area contributed by atoms with Gasteiger partial charge in [0.1, 0.15) is 11.4 Å². The molecule has 0 aliphatic heterocycles. The van der Waals surface area contributed by atoms with Gasteiger partial charge in [0.05, 0.1) is 22.8 Å². The summed E-state index contributed by atoms with van der Waals surface area (Å²) < 4.78 is 3.31. The number of allylic oxidation sites excluding steroid dienone is 10. The molecule has 0 saturated carbocycles. The van der Waals surface area contributed by atoms with Gasteiger partial charge >= 0.3 is 0 Å². The lowest BCUT2D eigenvalue weighted by Gasteiger charge is -2.31. The van der Waals surface area contributed by atoms with E-state index in [2.05, 4.69) is 63.7 Å². The Balaban J connectivity index is 1.88. The first kappa shape index (κ1) is 45.6. The summed E-state index contributed by atoms with van der Waals surface area (Å²) in [6, 6.07) is 17.0. The third-order valence-electron chi connectivity index (χ3n) is 9.53. The standard InChI is InChI=1S/C47H49Br4N5O2/c1-44(2,3)30-20-26(21-31(42(30)57)45(4,5)6)40(55-53-36-18-16-28(48)24-34(36)50)38-14-13-15-39(52-38)41(56-54-37-19-17-29(49)25-35(37)51)27-22-32(46(7,8)9)43(58)33(23-27)47(10,11)12/h13-25H,1-12H3/b55-53+,56-54+. The molecule has 1 aromatic heterocycles. The number of rotatable bonds is 6. The highest BCUT2D eigenvalue weighted by molar-refractivity contribution is 9.11. The average molecular weight is 1040 g/mol. The molecule has 5 rings (SSSR count). The third kappa shape index (κ3) is 10.6. The van der Waals surface area contributed by atoms with Crippen molar-refractivity contribution in [2.24, 2.45) is 42.1 Å². The number of Topliss-reactive ketones (excluding diaryl/α,β-unsaturated/α-hetero) is 2. The highest BCUT2D eigenvalue weighted by Crippen LogP contribution is 2.43. The summed E-state index contributed by atoms with van der Waals surface area (Å²) in [5, 5.41) is 19.3. The Labute approximate surface area is 376 Å². The van der Waals surface area contributed by atoms with Crippen molar-refractivity contribution in [2.75, 3.05) is 0 Å². The van der Waals surface area contributed by atoms with Crippen LogP contribution in [0.3, 0.4) is 0 Å². The van der Waals surface area contributed by atoms with E-state index >= 15 is 0 Å². The molecule has 0 fully saturated rings. The Bertz CT molecular complexity index is 2210. The van der Waals surface area contributed by atoms with E-state index in [0.29, 0.717) is 67.6 Å². The minimum Gasteiger partial charge on any atom is -0.289 e. The van der Waals surface area contributed by atoms with E-state index in [1.807, 2.05) is 162 Å². The van der Waals surface area contributed by atoms with Crippen molar-refractivity contribution in [3.8, 4) is 0 Å². The summed E-state index contributed by atoms with van der Waals surface area (Å²) in [6.07, 6.45) is 7.68. The van der Waals surface area contributed by atoms with Gasteiger partial charge in [-0.15, -0.1) is 20.5 Å². The van der Waals surface area contributed by atoms with Gasteiger partial charge in [-0.1, -0.05) is 121 Å². The van der Waals surface area contributed by atoms with Gasteiger partial charge in [0.15, 0.2) is 11.6 Å². The molecule has 0 radical (unpaired) electrons.